The summed E-state index contributed by atoms with van der Waals surface area (Å²) in [6, 6.07) is 4.10. The Morgan fingerprint density at radius 2 is 1.96 bits per heavy atom. The molecule has 0 fully saturated rings. The van der Waals surface area contributed by atoms with Crippen LogP contribution in [-0.2, 0) is 6.18 Å². The molecule has 0 saturated heterocycles. The van der Waals surface area contributed by atoms with Crippen LogP contribution in [0.4, 0.5) is 17.6 Å². The van der Waals surface area contributed by atoms with E-state index in [1.165, 1.54) is 34.4 Å². The predicted octanol–water partition coefficient (Wildman–Crippen LogP) is 5.70. The van der Waals surface area contributed by atoms with Crippen LogP contribution in [0.15, 0.2) is 33.9 Å². The lowest BCUT2D eigenvalue weighted by Crippen LogP contribution is -2.08. The van der Waals surface area contributed by atoms with Crippen LogP contribution in [0.5, 0.6) is 0 Å². The first-order valence-electron chi connectivity index (χ1n) is 7.05. The maximum atomic E-state index is 13.6. The molecule has 3 rings (SSSR count). The van der Waals surface area contributed by atoms with Gasteiger partial charge >= 0.3 is 6.18 Å². The molecule has 0 aliphatic rings. The third kappa shape index (κ3) is 3.76. The Bertz CT molecular complexity index is 976. The molecule has 3 aromatic rings. The lowest BCUT2D eigenvalue weighted by atomic mass is 10.1. The van der Waals surface area contributed by atoms with E-state index < -0.39 is 17.6 Å². The van der Waals surface area contributed by atoms with Gasteiger partial charge in [-0.25, -0.2) is 9.37 Å². The highest BCUT2D eigenvalue weighted by molar-refractivity contribution is 8.00. The van der Waals surface area contributed by atoms with Crippen molar-refractivity contribution in [3.05, 3.63) is 45.9 Å². The monoisotopic (exact) mass is 417 g/mol. The van der Waals surface area contributed by atoms with E-state index >= 15 is 0 Å². The van der Waals surface area contributed by atoms with Gasteiger partial charge in [-0.3, -0.25) is 5.41 Å². The maximum absolute atomic E-state index is 13.6. The zero-order chi connectivity index (χ0) is 19.1. The normalized spacial score (nSPS) is 11.7. The summed E-state index contributed by atoms with van der Waals surface area (Å²) in [5, 5.41) is 9.70. The Morgan fingerprint density at radius 3 is 2.58 bits per heavy atom. The molecule has 10 heteroatoms. The number of nitrogen functional groups attached to an aromatic ring is 1. The molecular formula is C16H11F4N3S3. The van der Waals surface area contributed by atoms with E-state index in [0.29, 0.717) is 16.0 Å². The van der Waals surface area contributed by atoms with Crippen LogP contribution in [0.25, 0.3) is 21.8 Å². The topological polar surface area (TPSA) is 62.8 Å². The van der Waals surface area contributed by atoms with E-state index in [4.69, 9.17) is 11.1 Å². The average Bonchev–Trinajstić information content (AvgIpc) is 3.20. The number of hydrogen-bond donors (Lipinski definition) is 2. The second-order valence-corrected chi connectivity index (χ2v) is 8.18. The Hall–Kier alpha value is -1.91. The zero-order valence-corrected chi connectivity index (χ0v) is 15.6. The number of aromatic nitrogens is 1. The van der Waals surface area contributed by atoms with Gasteiger partial charge in [-0.15, -0.1) is 34.4 Å². The number of amidine groups is 1. The average molecular weight is 417 g/mol. The van der Waals surface area contributed by atoms with E-state index in [-0.39, 0.29) is 17.1 Å². The number of rotatable bonds is 4. The molecule has 0 spiro atoms. The van der Waals surface area contributed by atoms with Crippen LogP contribution in [0.3, 0.4) is 0 Å². The summed E-state index contributed by atoms with van der Waals surface area (Å²) >= 11 is 4.05. The molecule has 136 valence electrons. The molecule has 0 unspecified atom stereocenters. The van der Waals surface area contributed by atoms with Crippen LogP contribution in [-0.4, -0.2) is 17.1 Å². The quantitative estimate of drug-likeness (QED) is 0.248. The molecule has 26 heavy (non-hydrogen) atoms. The lowest BCUT2D eigenvalue weighted by molar-refractivity contribution is -0.137. The molecular weight excluding hydrogens is 406 g/mol. The lowest BCUT2D eigenvalue weighted by Gasteiger charge is -2.08. The van der Waals surface area contributed by atoms with Crippen LogP contribution in [0.2, 0.25) is 0 Å². The first-order valence-corrected chi connectivity index (χ1v) is 9.97. The zero-order valence-electron chi connectivity index (χ0n) is 13.1. The molecule has 3 nitrogen and oxygen atoms in total. The fourth-order valence-corrected chi connectivity index (χ4v) is 4.95. The van der Waals surface area contributed by atoms with Gasteiger partial charge in [-0.1, -0.05) is 0 Å². The number of hydrogen-bond acceptors (Lipinski definition) is 5. The fraction of sp³-hybridized carbons (Fsp3) is 0.125. The molecule has 0 amide bonds. The number of thiazole rings is 1. The van der Waals surface area contributed by atoms with Crippen LogP contribution in [0, 0.1) is 11.2 Å². The van der Waals surface area contributed by atoms with Crippen molar-refractivity contribution in [1.29, 1.82) is 5.41 Å². The van der Waals surface area contributed by atoms with Gasteiger partial charge in [-0.2, -0.15) is 13.2 Å². The number of alkyl halides is 3. The predicted molar refractivity (Wildman–Crippen MR) is 98.6 cm³/mol. The third-order valence-electron chi connectivity index (χ3n) is 3.40. The molecule has 3 N–H and O–H groups in total. The molecule has 0 saturated carbocycles. The Balaban J connectivity index is 2.04. The van der Waals surface area contributed by atoms with Crippen molar-refractivity contribution in [3.8, 4) is 21.8 Å². The van der Waals surface area contributed by atoms with E-state index in [0.717, 1.165) is 21.9 Å². The number of nitrogens with zero attached hydrogens (tertiary/aromatic N) is 1. The summed E-state index contributed by atoms with van der Waals surface area (Å²) in [5.74, 6) is -1.03. The van der Waals surface area contributed by atoms with Gasteiger partial charge in [0.05, 0.1) is 20.3 Å². The molecule has 2 aromatic heterocycles. The minimum atomic E-state index is -4.63. The highest BCUT2D eigenvalue weighted by Crippen LogP contribution is 2.40. The second-order valence-electron chi connectivity index (χ2n) is 5.19. The van der Waals surface area contributed by atoms with Crippen molar-refractivity contribution in [2.24, 2.45) is 5.73 Å². The minimum absolute atomic E-state index is 0.0618. The van der Waals surface area contributed by atoms with Gasteiger partial charge < -0.3 is 5.73 Å². The molecule has 0 aliphatic carbocycles. The van der Waals surface area contributed by atoms with E-state index in [2.05, 4.69) is 4.98 Å². The standard InChI is InChI=1S/C16H11F4N3S3/c1-24-15-10(5-12(26-15)13(21)22)14-23-11(6-25-14)7-2-8(16(18,19)20)4-9(17)3-7/h2-6H,1H3,(H3,21,22). The Labute approximate surface area is 158 Å². The molecule has 1 aromatic carbocycles. The van der Waals surface area contributed by atoms with Crippen molar-refractivity contribution in [1.82, 2.24) is 4.98 Å². The van der Waals surface area contributed by atoms with Gasteiger partial charge in [0, 0.05) is 16.5 Å². The Kier molecular flexibility index (Phi) is 5.09. The van der Waals surface area contributed by atoms with Crippen LogP contribution in [0.1, 0.15) is 10.4 Å². The SMILES string of the molecule is CSc1sc(C(=N)N)cc1-c1nc(-c2cc(F)cc(C(F)(F)F)c2)cs1. The van der Waals surface area contributed by atoms with E-state index in [9.17, 15) is 17.6 Å². The van der Waals surface area contributed by atoms with Crippen molar-refractivity contribution in [3.63, 3.8) is 0 Å². The van der Waals surface area contributed by atoms with Gasteiger partial charge in [0.1, 0.15) is 16.7 Å². The molecule has 0 radical (unpaired) electrons. The van der Waals surface area contributed by atoms with Gasteiger partial charge in [0.25, 0.3) is 0 Å². The first-order chi connectivity index (χ1) is 12.2. The van der Waals surface area contributed by atoms with Crippen molar-refractivity contribution in [2.75, 3.05) is 6.26 Å². The van der Waals surface area contributed by atoms with Gasteiger partial charge in [0.2, 0.25) is 0 Å². The van der Waals surface area contributed by atoms with Gasteiger partial charge in [-0.05, 0) is 30.5 Å². The van der Waals surface area contributed by atoms with Gasteiger partial charge in [0.15, 0.2) is 0 Å². The first kappa shape index (κ1) is 18.9. The summed E-state index contributed by atoms with van der Waals surface area (Å²) < 4.78 is 53.2. The van der Waals surface area contributed by atoms with Crippen molar-refractivity contribution < 1.29 is 17.6 Å². The summed E-state index contributed by atoms with van der Waals surface area (Å²) in [7, 11) is 0. The largest absolute Gasteiger partial charge is 0.416 e. The van der Waals surface area contributed by atoms with E-state index in [1.807, 2.05) is 6.26 Å². The fourth-order valence-electron chi connectivity index (χ4n) is 2.24. The van der Waals surface area contributed by atoms with Crippen molar-refractivity contribution in [2.45, 2.75) is 10.4 Å². The third-order valence-corrected chi connectivity index (χ3v) is 6.58. The smallest absolute Gasteiger partial charge is 0.383 e. The van der Waals surface area contributed by atoms with Crippen molar-refractivity contribution >= 4 is 40.3 Å². The number of thioether (sulfide) groups is 1. The Morgan fingerprint density at radius 1 is 1.23 bits per heavy atom. The highest BCUT2D eigenvalue weighted by atomic mass is 32.2. The van der Waals surface area contributed by atoms with E-state index in [1.54, 1.807) is 11.4 Å². The number of nitrogens with two attached hydrogens (primary N) is 1. The highest BCUT2D eigenvalue weighted by Gasteiger charge is 2.31. The summed E-state index contributed by atoms with van der Waals surface area (Å²) in [5.41, 5.74) is 5.55. The van der Waals surface area contributed by atoms with Crippen LogP contribution >= 0.6 is 34.4 Å². The maximum Gasteiger partial charge on any atom is 0.416 e. The second kappa shape index (κ2) is 7.01. The molecule has 2 heterocycles. The number of nitrogens with one attached hydrogen (secondary N) is 1. The molecule has 0 atom stereocenters. The number of benzene rings is 1. The number of thiophene rings is 1. The summed E-state index contributed by atoms with van der Waals surface area (Å²) in [4.78, 5) is 4.95. The summed E-state index contributed by atoms with van der Waals surface area (Å²) in [6.07, 6.45) is -2.76. The summed E-state index contributed by atoms with van der Waals surface area (Å²) in [6.45, 7) is 0. The molecule has 0 aliphatic heterocycles. The molecule has 0 bridgehead atoms. The minimum Gasteiger partial charge on any atom is -0.383 e. The van der Waals surface area contributed by atoms with Crippen LogP contribution < -0.4 is 5.73 Å². The number of halogens is 4.